The van der Waals surface area contributed by atoms with Crippen LogP contribution in [0, 0.1) is 6.92 Å². The van der Waals surface area contributed by atoms with Gasteiger partial charge in [-0.05, 0) is 24.6 Å². The molecule has 0 N–H and O–H groups in total. The number of hydrogen-bond donors (Lipinski definition) is 0. The van der Waals surface area contributed by atoms with Gasteiger partial charge in [0.25, 0.3) is 10.0 Å². The molecule has 0 saturated carbocycles. The second-order valence-electron chi connectivity index (χ2n) is 6.09. The van der Waals surface area contributed by atoms with Crippen molar-refractivity contribution in [2.24, 2.45) is 4.99 Å². The number of halogens is 3. The first-order valence-electron chi connectivity index (χ1n) is 7.94. The fourth-order valence-corrected chi connectivity index (χ4v) is 4.42. The fraction of sp³-hybridized carbons (Fsp3) is 0.278. The lowest BCUT2D eigenvalue weighted by Crippen LogP contribution is -2.49. The van der Waals surface area contributed by atoms with Crippen molar-refractivity contribution in [2.75, 3.05) is 6.54 Å². The van der Waals surface area contributed by atoms with Crippen molar-refractivity contribution in [3.63, 3.8) is 0 Å². The van der Waals surface area contributed by atoms with E-state index in [0.29, 0.717) is 9.87 Å². The first kappa shape index (κ1) is 18.4. The Bertz CT molecular complexity index is 908. The van der Waals surface area contributed by atoms with E-state index in [1.807, 2.05) is 0 Å². The summed E-state index contributed by atoms with van der Waals surface area (Å²) in [6.45, 7) is 1.14. The number of rotatable bonds is 4. The molecule has 26 heavy (non-hydrogen) atoms. The van der Waals surface area contributed by atoms with Crippen molar-refractivity contribution >= 4 is 15.9 Å². The summed E-state index contributed by atoms with van der Waals surface area (Å²) in [4.78, 5) is 3.73. The van der Waals surface area contributed by atoms with E-state index in [-0.39, 0.29) is 17.2 Å². The minimum atomic E-state index is -4.71. The highest BCUT2D eigenvalue weighted by Gasteiger charge is 2.52. The molecular weight excluding hydrogens is 365 g/mol. The summed E-state index contributed by atoms with van der Waals surface area (Å²) in [5, 5.41) is 0. The van der Waals surface area contributed by atoms with Crippen LogP contribution >= 0.6 is 0 Å². The molecule has 1 heterocycles. The summed E-state index contributed by atoms with van der Waals surface area (Å²) >= 11 is 0. The molecule has 8 heteroatoms. The topological polar surface area (TPSA) is 49.7 Å². The van der Waals surface area contributed by atoms with Crippen LogP contribution in [0.2, 0.25) is 0 Å². The van der Waals surface area contributed by atoms with Crippen LogP contribution in [0.25, 0.3) is 0 Å². The maximum atomic E-state index is 13.5. The standard InChI is InChI=1S/C18H17F3N2O2S/c1-13-7-9-15(10-8-13)26(24,25)23-16(18(19,20)21)12-22-17(23)11-14-5-3-2-4-6-14/h2-10,16H,11-12H2,1H3. The summed E-state index contributed by atoms with van der Waals surface area (Å²) in [6.07, 6.45) is -4.70. The van der Waals surface area contributed by atoms with E-state index >= 15 is 0 Å². The Morgan fingerprint density at radius 2 is 1.69 bits per heavy atom. The van der Waals surface area contributed by atoms with Crippen molar-refractivity contribution < 1.29 is 21.6 Å². The first-order valence-corrected chi connectivity index (χ1v) is 9.38. The van der Waals surface area contributed by atoms with Gasteiger partial charge in [-0.15, -0.1) is 0 Å². The molecule has 1 aliphatic rings. The van der Waals surface area contributed by atoms with E-state index in [2.05, 4.69) is 4.99 Å². The fourth-order valence-electron chi connectivity index (χ4n) is 2.79. The van der Waals surface area contributed by atoms with E-state index in [1.165, 1.54) is 12.1 Å². The van der Waals surface area contributed by atoms with Crippen LogP contribution in [0.3, 0.4) is 0 Å². The van der Waals surface area contributed by atoms with Gasteiger partial charge in [0.1, 0.15) is 5.84 Å². The summed E-state index contributed by atoms with van der Waals surface area (Å²) < 4.78 is 66.7. The minimum Gasteiger partial charge on any atom is -0.269 e. The highest BCUT2D eigenvalue weighted by molar-refractivity contribution is 7.89. The number of aryl methyl sites for hydroxylation is 1. The molecule has 0 saturated heterocycles. The highest BCUT2D eigenvalue weighted by Crippen LogP contribution is 2.34. The molecule has 0 spiro atoms. The third-order valence-electron chi connectivity index (χ3n) is 4.14. The van der Waals surface area contributed by atoms with Crippen molar-refractivity contribution in [3.05, 3.63) is 65.7 Å². The lowest BCUT2D eigenvalue weighted by Gasteiger charge is -2.29. The van der Waals surface area contributed by atoms with Crippen LogP contribution in [-0.4, -0.2) is 37.3 Å². The molecule has 0 bridgehead atoms. The lowest BCUT2D eigenvalue weighted by molar-refractivity contribution is -0.159. The average Bonchev–Trinajstić information content (AvgIpc) is 3.01. The van der Waals surface area contributed by atoms with Crippen LogP contribution < -0.4 is 0 Å². The second-order valence-corrected chi connectivity index (χ2v) is 7.91. The summed E-state index contributed by atoms with van der Waals surface area (Å²) in [7, 11) is -4.37. The lowest BCUT2D eigenvalue weighted by atomic mass is 10.1. The predicted molar refractivity (Wildman–Crippen MR) is 92.5 cm³/mol. The SMILES string of the molecule is Cc1ccc(S(=O)(=O)N2C(Cc3ccccc3)=NCC2C(F)(F)F)cc1. The summed E-state index contributed by atoms with van der Waals surface area (Å²) in [6, 6.07) is 12.3. The summed E-state index contributed by atoms with van der Waals surface area (Å²) in [5.41, 5.74) is 1.51. The van der Waals surface area contributed by atoms with Crippen LogP contribution in [0.15, 0.2) is 64.5 Å². The monoisotopic (exact) mass is 382 g/mol. The zero-order valence-electron chi connectivity index (χ0n) is 13.9. The van der Waals surface area contributed by atoms with Crippen LogP contribution in [-0.2, 0) is 16.4 Å². The number of sulfonamides is 1. The highest BCUT2D eigenvalue weighted by atomic mass is 32.2. The van der Waals surface area contributed by atoms with E-state index in [0.717, 1.165) is 5.56 Å². The molecule has 138 valence electrons. The molecule has 1 unspecified atom stereocenters. The van der Waals surface area contributed by atoms with Crippen LogP contribution in [0.1, 0.15) is 11.1 Å². The van der Waals surface area contributed by atoms with E-state index in [1.54, 1.807) is 49.4 Å². The molecule has 1 aliphatic heterocycles. The van der Waals surface area contributed by atoms with Crippen molar-refractivity contribution in [3.8, 4) is 0 Å². The van der Waals surface area contributed by atoms with Gasteiger partial charge in [0, 0.05) is 6.42 Å². The third kappa shape index (κ3) is 3.60. The molecule has 3 rings (SSSR count). The zero-order valence-corrected chi connectivity index (χ0v) is 14.8. The van der Waals surface area contributed by atoms with Gasteiger partial charge < -0.3 is 0 Å². The summed E-state index contributed by atoms with van der Waals surface area (Å²) in [5.74, 6) is -0.0981. The molecule has 0 aromatic heterocycles. The van der Waals surface area contributed by atoms with Gasteiger partial charge in [-0.3, -0.25) is 4.99 Å². The Hall–Kier alpha value is -2.35. The quantitative estimate of drug-likeness (QED) is 0.812. The number of benzene rings is 2. The van der Waals surface area contributed by atoms with Gasteiger partial charge in [0.2, 0.25) is 0 Å². The molecule has 0 fully saturated rings. The average molecular weight is 382 g/mol. The third-order valence-corrected chi connectivity index (χ3v) is 6.00. The zero-order chi connectivity index (χ0) is 18.9. The number of alkyl halides is 3. The molecule has 0 aliphatic carbocycles. The van der Waals surface area contributed by atoms with E-state index in [9.17, 15) is 21.6 Å². The maximum Gasteiger partial charge on any atom is 0.411 e. The van der Waals surface area contributed by atoms with E-state index < -0.39 is 28.8 Å². The Balaban J connectivity index is 2.01. The predicted octanol–water partition coefficient (Wildman–Crippen LogP) is 3.57. The molecular formula is C18H17F3N2O2S. The second kappa shape index (κ2) is 6.75. The molecule has 2 aromatic rings. The molecule has 0 amide bonds. The first-order chi connectivity index (χ1) is 12.2. The van der Waals surface area contributed by atoms with Crippen LogP contribution in [0.4, 0.5) is 13.2 Å². The molecule has 2 aromatic carbocycles. The van der Waals surface area contributed by atoms with Gasteiger partial charge in [0.15, 0.2) is 6.04 Å². The Kier molecular flexibility index (Phi) is 4.79. The Morgan fingerprint density at radius 3 is 2.27 bits per heavy atom. The Morgan fingerprint density at radius 1 is 1.08 bits per heavy atom. The largest absolute Gasteiger partial charge is 0.411 e. The number of nitrogens with zero attached hydrogens (tertiary/aromatic N) is 2. The van der Waals surface area contributed by atoms with Crippen LogP contribution in [0.5, 0.6) is 0 Å². The van der Waals surface area contributed by atoms with Gasteiger partial charge in [-0.25, -0.2) is 12.7 Å². The number of amidine groups is 1. The van der Waals surface area contributed by atoms with E-state index in [4.69, 9.17) is 0 Å². The molecule has 4 nitrogen and oxygen atoms in total. The van der Waals surface area contributed by atoms with Crippen molar-refractivity contribution in [1.29, 1.82) is 0 Å². The van der Waals surface area contributed by atoms with Gasteiger partial charge in [0.05, 0.1) is 11.4 Å². The van der Waals surface area contributed by atoms with Crippen molar-refractivity contribution in [1.82, 2.24) is 4.31 Å². The smallest absolute Gasteiger partial charge is 0.269 e. The van der Waals surface area contributed by atoms with Gasteiger partial charge >= 0.3 is 6.18 Å². The normalized spacial score (nSPS) is 18.1. The van der Waals surface area contributed by atoms with Gasteiger partial charge in [-0.1, -0.05) is 48.0 Å². The molecule has 0 radical (unpaired) electrons. The van der Waals surface area contributed by atoms with Crippen molar-refractivity contribution in [2.45, 2.75) is 30.5 Å². The van der Waals surface area contributed by atoms with Gasteiger partial charge in [-0.2, -0.15) is 13.2 Å². The molecule has 1 atom stereocenters. The number of aliphatic imine (C=N–C) groups is 1. The minimum absolute atomic E-state index is 0.0124. The number of hydrogen-bond acceptors (Lipinski definition) is 3. The Labute approximate surface area is 150 Å². The maximum absolute atomic E-state index is 13.5.